The molecule has 0 bridgehead atoms. The van der Waals surface area contributed by atoms with Crippen molar-refractivity contribution >= 4 is 22.5 Å². The predicted octanol–water partition coefficient (Wildman–Crippen LogP) is 3.75. The molecule has 0 unspecified atom stereocenters. The van der Waals surface area contributed by atoms with Gasteiger partial charge in [0.25, 0.3) is 5.56 Å². The van der Waals surface area contributed by atoms with Crippen LogP contribution >= 0.6 is 11.6 Å². The van der Waals surface area contributed by atoms with Crippen LogP contribution in [0.3, 0.4) is 0 Å². The Bertz CT molecular complexity index is 944. The fourth-order valence-corrected chi connectivity index (χ4v) is 2.88. The third kappa shape index (κ3) is 2.83. The molecule has 0 saturated heterocycles. The van der Waals surface area contributed by atoms with Gasteiger partial charge in [0.1, 0.15) is 16.7 Å². The quantitative estimate of drug-likeness (QED) is 0.676. The lowest BCUT2D eigenvalue weighted by Crippen LogP contribution is -2.21. The van der Waals surface area contributed by atoms with Crippen LogP contribution in [-0.2, 0) is 6.54 Å². The largest absolute Gasteiger partial charge is 0.497 e. The number of aromatic nitrogens is 2. The van der Waals surface area contributed by atoms with E-state index < -0.39 is 0 Å². The van der Waals surface area contributed by atoms with Crippen molar-refractivity contribution in [2.24, 2.45) is 0 Å². The van der Waals surface area contributed by atoms with E-state index in [-0.39, 0.29) is 5.56 Å². The van der Waals surface area contributed by atoms with Crippen LogP contribution in [0.15, 0.2) is 41.3 Å². The molecular weight excluding hydrogens is 328 g/mol. The van der Waals surface area contributed by atoms with Crippen LogP contribution in [0, 0.1) is 0 Å². The van der Waals surface area contributed by atoms with Crippen LogP contribution in [0.1, 0.15) is 6.92 Å². The first-order valence-corrected chi connectivity index (χ1v) is 7.87. The van der Waals surface area contributed by atoms with Gasteiger partial charge in [-0.2, -0.15) is 0 Å². The van der Waals surface area contributed by atoms with Crippen molar-refractivity contribution in [2.45, 2.75) is 13.5 Å². The topological polar surface area (TPSA) is 53.4 Å². The lowest BCUT2D eigenvalue weighted by Gasteiger charge is -2.13. The first kappa shape index (κ1) is 16.3. The van der Waals surface area contributed by atoms with Crippen LogP contribution in [0.4, 0.5) is 0 Å². The molecule has 2 heterocycles. The van der Waals surface area contributed by atoms with Gasteiger partial charge in [0.2, 0.25) is 0 Å². The van der Waals surface area contributed by atoms with Crippen molar-refractivity contribution in [1.82, 2.24) is 9.55 Å². The molecule has 3 aromatic rings. The maximum atomic E-state index is 12.9. The minimum atomic E-state index is -0.0948. The summed E-state index contributed by atoms with van der Waals surface area (Å²) in [5, 5.41) is 1.21. The van der Waals surface area contributed by atoms with Gasteiger partial charge < -0.3 is 14.0 Å². The average Bonchev–Trinajstić information content (AvgIpc) is 2.60. The minimum Gasteiger partial charge on any atom is -0.497 e. The van der Waals surface area contributed by atoms with Gasteiger partial charge in [-0.3, -0.25) is 4.79 Å². The molecule has 0 spiro atoms. The summed E-state index contributed by atoms with van der Waals surface area (Å²) in [7, 11) is 3.16. The van der Waals surface area contributed by atoms with Gasteiger partial charge in [-0.15, -0.1) is 0 Å². The zero-order valence-corrected chi connectivity index (χ0v) is 14.4. The van der Waals surface area contributed by atoms with E-state index in [4.69, 9.17) is 21.1 Å². The molecule has 0 fully saturated rings. The summed E-state index contributed by atoms with van der Waals surface area (Å²) in [6.45, 7) is 2.45. The highest BCUT2D eigenvalue weighted by Gasteiger charge is 2.13. The smallest absolute Gasteiger partial charge is 0.258 e. The van der Waals surface area contributed by atoms with E-state index in [1.165, 1.54) is 0 Å². The van der Waals surface area contributed by atoms with Gasteiger partial charge >= 0.3 is 0 Å². The maximum Gasteiger partial charge on any atom is 0.258 e. The van der Waals surface area contributed by atoms with Crippen molar-refractivity contribution in [2.75, 3.05) is 14.2 Å². The predicted molar refractivity (Wildman–Crippen MR) is 95.2 cm³/mol. The number of methoxy groups -OCH3 is 2. The van der Waals surface area contributed by atoms with Gasteiger partial charge in [-0.05, 0) is 36.8 Å². The van der Waals surface area contributed by atoms with E-state index in [0.29, 0.717) is 28.8 Å². The van der Waals surface area contributed by atoms with Gasteiger partial charge in [-0.1, -0.05) is 11.6 Å². The molecule has 0 saturated carbocycles. The van der Waals surface area contributed by atoms with Crippen molar-refractivity contribution in [3.05, 3.63) is 52.0 Å². The Kier molecular flexibility index (Phi) is 4.44. The van der Waals surface area contributed by atoms with E-state index >= 15 is 0 Å². The standard InChI is InChI=1S/C18H17ClN2O3/c1-4-21-16-9-17(19)20-10-12(16)7-15(18(21)22)11-5-13(23-2)8-14(6-11)24-3/h5-10H,4H2,1-3H3. The molecule has 0 aliphatic rings. The highest BCUT2D eigenvalue weighted by Crippen LogP contribution is 2.29. The Morgan fingerprint density at radius 2 is 1.75 bits per heavy atom. The van der Waals surface area contributed by atoms with Crippen molar-refractivity contribution < 1.29 is 9.47 Å². The minimum absolute atomic E-state index is 0.0948. The van der Waals surface area contributed by atoms with E-state index in [0.717, 1.165) is 16.5 Å². The molecule has 2 aromatic heterocycles. The summed E-state index contributed by atoms with van der Waals surface area (Å²) in [5.74, 6) is 1.25. The summed E-state index contributed by atoms with van der Waals surface area (Å²) >= 11 is 5.98. The fourth-order valence-electron chi connectivity index (χ4n) is 2.73. The Hall–Kier alpha value is -2.53. The summed E-state index contributed by atoms with van der Waals surface area (Å²) in [4.78, 5) is 17.1. The Labute approximate surface area is 144 Å². The normalized spacial score (nSPS) is 10.8. The molecule has 1 aromatic carbocycles. The number of hydrogen-bond donors (Lipinski definition) is 0. The molecule has 6 heteroatoms. The molecule has 5 nitrogen and oxygen atoms in total. The van der Waals surface area contributed by atoms with Crippen LogP contribution in [0.2, 0.25) is 5.15 Å². The number of fused-ring (bicyclic) bond motifs is 1. The van der Waals surface area contributed by atoms with Crippen molar-refractivity contribution in [3.63, 3.8) is 0 Å². The molecule has 24 heavy (non-hydrogen) atoms. The molecular formula is C18H17ClN2O3. The number of hydrogen-bond acceptors (Lipinski definition) is 4. The fraction of sp³-hybridized carbons (Fsp3) is 0.222. The molecule has 124 valence electrons. The van der Waals surface area contributed by atoms with Crippen LogP contribution < -0.4 is 15.0 Å². The zero-order valence-electron chi connectivity index (χ0n) is 13.7. The Morgan fingerprint density at radius 1 is 1.08 bits per heavy atom. The monoisotopic (exact) mass is 344 g/mol. The van der Waals surface area contributed by atoms with Crippen LogP contribution in [0.25, 0.3) is 22.0 Å². The van der Waals surface area contributed by atoms with Gasteiger partial charge in [0.15, 0.2) is 0 Å². The van der Waals surface area contributed by atoms with E-state index in [2.05, 4.69) is 4.98 Å². The van der Waals surface area contributed by atoms with Gasteiger partial charge in [-0.25, -0.2) is 4.98 Å². The first-order chi connectivity index (χ1) is 11.6. The lowest BCUT2D eigenvalue weighted by molar-refractivity contribution is 0.394. The summed E-state index contributed by atoms with van der Waals surface area (Å²) in [6.07, 6.45) is 1.67. The highest BCUT2D eigenvalue weighted by molar-refractivity contribution is 6.30. The number of halogens is 1. The molecule has 0 radical (unpaired) electrons. The SMILES string of the molecule is CCn1c(=O)c(-c2cc(OC)cc(OC)c2)cc2cnc(Cl)cc21. The molecule has 0 amide bonds. The van der Waals surface area contributed by atoms with Crippen molar-refractivity contribution in [1.29, 1.82) is 0 Å². The van der Waals surface area contributed by atoms with Crippen molar-refractivity contribution in [3.8, 4) is 22.6 Å². The maximum absolute atomic E-state index is 12.9. The van der Waals surface area contributed by atoms with Gasteiger partial charge in [0, 0.05) is 29.8 Å². The van der Waals surface area contributed by atoms with E-state index in [1.54, 1.807) is 37.1 Å². The van der Waals surface area contributed by atoms with Crippen LogP contribution in [0.5, 0.6) is 11.5 Å². The average molecular weight is 345 g/mol. The Morgan fingerprint density at radius 3 is 2.33 bits per heavy atom. The second kappa shape index (κ2) is 6.53. The number of rotatable bonds is 4. The van der Waals surface area contributed by atoms with E-state index in [9.17, 15) is 4.79 Å². The zero-order chi connectivity index (χ0) is 17.3. The van der Waals surface area contributed by atoms with Crippen LogP contribution in [-0.4, -0.2) is 23.8 Å². The van der Waals surface area contributed by atoms with Gasteiger partial charge in [0.05, 0.1) is 19.7 Å². The second-order valence-corrected chi connectivity index (χ2v) is 5.66. The summed E-state index contributed by atoms with van der Waals surface area (Å²) in [6, 6.07) is 8.92. The third-order valence-corrected chi connectivity index (χ3v) is 4.13. The summed E-state index contributed by atoms with van der Waals surface area (Å²) < 4.78 is 12.3. The lowest BCUT2D eigenvalue weighted by atomic mass is 10.0. The summed E-state index contributed by atoms with van der Waals surface area (Å²) in [5.41, 5.74) is 1.96. The number of aryl methyl sites for hydroxylation is 1. The molecule has 0 aliphatic heterocycles. The number of benzene rings is 1. The third-order valence-electron chi connectivity index (χ3n) is 3.92. The number of nitrogens with zero attached hydrogens (tertiary/aromatic N) is 2. The number of ether oxygens (including phenoxy) is 2. The Balaban J connectivity index is 2.33. The molecule has 0 N–H and O–H groups in total. The second-order valence-electron chi connectivity index (χ2n) is 5.27. The first-order valence-electron chi connectivity index (χ1n) is 7.50. The molecule has 0 aliphatic carbocycles. The molecule has 0 atom stereocenters. The highest BCUT2D eigenvalue weighted by atomic mass is 35.5. The molecule has 3 rings (SSSR count). The van der Waals surface area contributed by atoms with E-state index in [1.807, 2.05) is 25.1 Å². The number of pyridine rings is 2.